The van der Waals surface area contributed by atoms with Crippen molar-refractivity contribution in [2.75, 3.05) is 0 Å². The van der Waals surface area contributed by atoms with E-state index in [9.17, 15) is 5.11 Å². The molecule has 1 heterocycles. The third-order valence-corrected chi connectivity index (χ3v) is 4.33. The molecule has 4 heteroatoms. The molecule has 2 nitrogen and oxygen atoms in total. The van der Waals surface area contributed by atoms with Crippen molar-refractivity contribution >= 4 is 27.3 Å². The van der Waals surface area contributed by atoms with Crippen molar-refractivity contribution < 1.29 is 9.84 Å². The van der Waals surface area contributed by atoms with E-state index < -0.39 is 0 Å². The third kappa shape index (κ3) is 3.57. The van der Waals surface area contributed by atoms with E-state index in [1.807, 2.05) is 36.6 Å². The Balaban J connectivity index is 1.94. The molecule has 0 aliphatic rings. The molecule has 0 aliphatic heterocycles. The molecular formula is C14H15BrO2S. The van der Waals surface area contributed by atoms with Gasteiger partial charge < -0.3 is 9.84 Å². The first-order chi connectivity index (χ1) is 8.69. The average molecular weight is 327 g/mol. The smallest absolute Gasteiger partial charge is 0.122 e. The molecule has 0 radical (unpaired) electrons. The molecule has 0 amide bonds. The zero-order valence-corrected chi connectivity index (χ0v) is 12.5. The van der Waals surface area contributed by atoms with Crippen LogP contribution < -0.4 is 4.74 Å². The molecule has 2 rings (SSSR count). The highest BCUT2D eigenvalue weighted by Gasteiger charge is 2.04. The highest BCUT2D eigenvalue weighted by molar-refractivity contribution is 9.10. The van der Waals surface area contributed by atoms with Gasteiger partial charge in [-0.3, -0.25) is 0 Å². The van der Waals surface area contributed by atoms with Gasteiger partial charge in [0, 0.05) is 14.7 Å². The summed E-state index contributed by atoms with van der Waals surface area (Å²) in [6.45, 7) is 2.54. The Morgan fingerprint density at radius 1 is 1.33 bits per heavy atom. The van der Waals surface area contributed by atoms with Crippen LogP contribution in [0, 0.1) is 0 Å². The van der Waals surface area contributed by atoms with Crippen molar-refractivity contribution in [1.29, 1.82) is 0 Å². The van der Waals surface area contributed by atoms with Crippen LogP contribution in [0.2, 0.25) is 0 Å². The van der Waals surface area contributed by atoms with Gasteiger partial charge in [0.2, 0.25) is 0 Å². The van der Waals surface area contributed by atoms with Gasteiger partial charge in [0.1, 0.15) is 12.4 Å². The summed E-state index contributed by atoms with van der Waals surface area (Å²) >= 11 is 5.09. The topological polar surface area (TPSA) is 29.5 Å². The zero-order chi connectivity index (χ0) is 13.0. The third-order valence-electron chi connectivity index (χ3n) is 2.65. The Hall–Kier alpha value is -0.840. The summed E-state index contributed by atoms with van der Waals surface area (Å²) < 4.78 is 6.77. The predicted octanol–water partition coefficient (Wildman–Crippen LogP) is 4.53. The van der Waals surface area contributed by atoms with E-state index in [2.05, 4.69) is 22.0 Å². The Morgan fingerprint density at radius 2 is 2.06 bits per heavy atom. The predicted molar refractivity (Wildman–Crippen MR) is 78.0 cm³/mol. The van der Waals surface area contributed by atoms with Gasteiger partial charge in [-0.2, -0.15) is 0 Å². The fourth-order valence-corrected chi connectivity index (χ4v) is 2.97. The summed E-state index contributed by atoms with van der Waals surface area (Å²) in [5, 5.41) is 11.7. The van der Waals surface area contributed by atoms with E-state index in [4.69, 9.17) is 4.74 Å². The number of ether oxygens (including phenoxy) is 1. The number of aliphatic hydroxyl groups excluding tert-OH is 1. The van der Waals surface area contributed by atoms with Crippen LogP contribution in [-0.4, -0.2) is 5.11 Å². The Labute approximate surface area is 119 Å². The van der Waals surface area contributed by atoms with E-state index in [1.54, 1.807) is 11.3 Å². The van der Waals surface area contributed by atoms with Crippen molar-refractivity contribution in [1.82, 2.24) is 0 Å². The summed E-state index contributed by atoms with van der Waals surface area (Å²) in [5.74, 6) is 0.826. The number of benzene rings is 1. The van der Waals surface area contributed by atoms with Crippen molar-refractivity contribution in [3.8, 4) is 5.75 Å². The van der Waals surface area contributed by atoms with Crippen LogP contribution >= 0.6 is 27.3 Å². The van der Waals surface area contributed by atoms with Crippen LogP contribution in [0.15, 0.2) is 40.2 Å². The van der Waals surface area contributed by atoms with Gasteiger partial charge in [-0.1, -0.05) is 19.1 Å². The van der Waals surface area contributed by atoms with Crippen molar-refractivity contribution in [3.05, 3.63) is 50.6 Å². The maximum Gasteiger partial charge on any atom is 0.122 e. The number of rotatable bonds is 5. The maximum absolute atomic E-state index is 9.69. The molecule has 0 bridgehead atoms. The van der Waals surface area contributed by atoms with Gasteiger partial charge in [0.15, 0.2) is 0 Å². The second-order valence-electron chi connectivity index (χ2n) is 4.01. The van der Waals surface area contributed by atoms with E-state index in [0.29, 0.717) is 6.61 Å². The lowest BCUT2D eigenvalue weighted by Crippen LogP contribution is -1.96. The first-order valence-electron chi connectivity index (χ1n) is 5.82. The summed E-state index contributed by atoms with van der Waals surface area (Å²) in [4.78, 5) is 1.18. The van der Waals surface area contributed by atoms with Crippen LogP contribution in [0.3, 0.4) is 0 Å². The van der Waals surface area contributed by atoms with E-state index in [-0.39, 0.29) is 6.10 Å². The Kier molecular flexibility index (Phi) is 4.80. The molecular weight excluding hydrogens is 312 g/mol. The quantitative estimate of drug-likeness (QED) is 0.874. The molecule has 0 spiro atoms. The molecule has 18 heavy (non-hydrogen) atoms. The molecule has 96 valence electrons. The van der Waals surface area contributed by atoms with Gasteiger partial charge in [0.05, 0.1) is 6.10 Å². The molecule has 0 saturated heterocycles. The number of hydrogen-bond acceptors (Lipinski definition) is 3. The zero-order valence-electron chi connectivity index (χ0n) is 10.1. The van der Waals surface area contributed by atoms with Gasteiger partial charge in [0.25, 0.3) is 0 Å². The number of halogens is 1. The van der Waals surface area contributed by atoms with E-state index >= 15 is 0 Å². The van der Waals surface area contributed by atoms with Gasteiger partial charge in [-0.25, -0.2) is 0 Å². The average Bonchev–Trinajstić information content (AvgIpc) is 2.82. The number of hydrogen-bond donors (Lipinski definition) is 1. The molecule has 0 saturated carbocycles. The highest BCUT2D eigenvalue weighted by Crippen LogP contribution is 2.23. The molecule has 1 atom stereocenters. The first-order valence-corrected chi connectivity index (χ1v) is 7.50. The summed E-state index contributed by atoms with van der Waals surface area (Å²) in [7, 11) is 0. The van der Waals surface area contributed by atoms with Crippen LogP contribution in [0.25, 0.3) is 0 Å². The fraction of sp³-hybridized carbons (Fsp3) is 0.286. The lowest BCUT2D eigenvalue weighted by atomic mass is 10.1. The van der Waals surface area contributed by atoms with E-state index in [1.165, 1.54) is 4.88 Å². The first kappa shape index (κ1) is 13.6. The molecule has 1 N–H and O–H groups in total. The van der Waals surface area contributed by atoms with Crippen molar-refractivity contribution in [2.24, 2.45) is 0 Å². The summed E-state index contributed by atoms with van der Waals surface area (Å²) in [5.41, 5.74) is 0.934. The standard InChI is InChI=1S/C14H15BrO2S/c1-2-14(16)10-3-5-12(6-4-10)17-8-13-7-11(15)9-18-13/h3-7,9,14,16H,2,8H2,1H3. The minimum atomic E-state index is -0.382. The second-order valence-corrected chi connectivity index (χ2v) is 5.92. The normalized spacial score (nSPS) is 12.4. The minimum Gasteiger partial charge on any atom is -0.488 e. The molecule has 1 aromatic carbocycles. The van der Waals surface area contributed by atoms with Crippen molar-refractivity contribution in [3.63, 3.8) is 0 Å². The summed E-state index contributed by atoms with van der Waals surface area (Å²) in [6, 6.07) is 9.68. The number of thiophene rings is 1. The van der Waals surface area contributed by atoms with Crippen LogP contribution in [0.5, 0.6) is 5.75 Å². The molecule has 2 aromatic rings. The van der Waals surface area contributed by atoms with Crippen LogP contribution in [0.1, 0.15) is 29.9 Å². The largest absolute Gasteiger partial charge is 0.488 e. The lowest BCUT2D eigenvalue weighted by molar-refractivity contribution is 0.173. The van der Waals surface area contributed by atoms with Crippen LogP contribution in [-0.2, 0) is 6.61 Å². The molecule has 0 aliphatic carbocycles. The minimum absolute atomic E-state index is 0.382. The highest BCUT2D eigenvalue weighted by atomic mass is 79.9. The van der Waals surface area contributed by atoms with Gasteiger partial charge >= 0.3 is 0 Å². The molecule has 1 unspecified atom stereocenters. The van der Waals surface area contributed by atoms with Gasteiger partial charge in [-0.05, 0) is 46.1 Å². The van der Waals surface area contributed by atoms with Gasteiger partial charge in [-0.15, -0.1) is 11.3 Å². The SMILES string of the molecule is CCC(O)c1ccc(OCc2cc(Br)cs2)cc1. The number of aliphatic hydroxyl groups is 1. The van der Waals surface area contributed by atoms with Crippen LogP contribution in [0.4, 0.5) is 0 Å². The maximum atomic E-state index is 9.69. The lowest BCUT2D eigenvalue weighted by Gasteiger charge is -2.09. The van der Waals surface area contributed by atoms with E-state index in [0.717, 1.165) is 22.2 Å². The molecule has 0 fully saturated rings. The molecule has 1 aromatic heterocycles. The second kappa shape index (κ2) is 6.36. The summed E-state index contributed by atoms with van der Waals surface area (Å²) in [6.07, 6.45) is 0.343. The van der Waals surface area contributed by atoms with Crippen molar-refractivity contribution in [2.45, 2.75) is 26.1 Å². The fourth-order valence-electron chi connectivity index (χ4n) is 1.61. The monoisotopic (exact) mass is 326 g/mol. The Bertz CT molecular complexity index is 493. The Morgan fingerprint density at radius 3 is 2.61 bits per heavy atom.